The highest BCUT2D eigenvalue weighted by Crippen LogP contribution is 2.32. The molecule has 0 aliphatic carbocycles. The van der Waals surface area contributed by atoms with Crippen molar-refractivity contribution < 1.29 is 22.3 Å². The summed E-state index contributed by atoms with van der Waals surface area (Å²) >= 11 is 0. The van der Waals surface area contributed by atoms with Gasteiger partial charge in [0.1, 0.15) is 11.6 Å². The number of rotatable bonds is 2. The molecule has 0 saturated carbocycles. The number of nitrogen functional groups attached to an aromatic ring is 1. The third-order valence-corrected chi connectivity index (χ3v) is 2.40. The predicted molar refractivity (Wildman–Crippen MR) is 62.9 cm³/mol. The third kappa shape index (κ3) is 3.15. The maximum atomic E-state index is 13.7. The van der Waals surface area contributed by atoms with Crippen LogP contribution in [0.1, 0.15) is 0 Å². The summed E-state index contributed by atoms with van der Waals surface area (Å²) in [5, 5.41) is 0. The van der Waals surface area contributed by atoms with E-state index >= 15 is 0 Å². The molecule has 0 atom stereocenters. The summed E-state index contributed by atoms with van der Waals surface area (Å²) in [5.41, 5.74) is 6.04. The molecule has 0 saturated heterocycles. The van der Waals surface area contributed by atoms with E-state index in [9.17, 15) is 17.6 Å². The van der Waals surface area contributed by atoms with Gasteiger partial charge in [-0.1, -0.05) is 18.2 Å². The van der Waals surface area contributed by atoms with E-state index in [2.05, 4.69) is 4.74 Å². The van der Waals surface area contributed by atoms with Gasteiger partial charge in [-0.05, 0) is 29.8 Å². The van der Waals surface area contributed by atoms with Gasteiger partial charge in [0.15, 0.2) is 0 Å². The number of anilines is 1. The molecule has 6 heteroatoms. The van der Waals surface area contributed by atoms with Gasteiger partial charge in [-0.3, -0.25) is 0 Å². The Morgan fingerprint density at radius 3 is 2.32 bits per heavy atom. The number of ether oxygens (including phenoxy) is 1. The standard InChI is InChI=1S/C13H9F4NO/c14-10-5-2-6-11(18)12(10)8-3-1-4-9(7-8)19-13(15,16)17/h1-7H,18H2. The molecular formula is C13H9F4NO. The molecule has 100 valence electrons. The second-order valence-electron chi connectivity index (χ2n) is 3.78. The first-order chi connectivity index (χ1) is 8.87. The Morgan fingerprint density at radius 2 is 1.68 bits per heavy atom. The Hall–Kier alpha value is -2.24. The fraction of sp³-hybridized carbons (Fsp3) is 0.0769. The number of benzene rings is 2. The first-order valence-electron chi connectivity index (χ1n) is 5.27. The topological polar surface area (TPSA) is 35.2 Å². The van der Waals surface area contributed by atoms with Gasteiger partial charge in [-0.2, -0.15) is 0 Å². The van der Waals surface area contributed by atoms with Crippen molar-refractivity contribution in [3.05, 3.63) is 48.3 Å². The van der Waals surface area contributed by atoms with Crippen LogP contribution in [0.15, 0.2) is 42.5 Å². The van der Waals surface area contributed by atoms with Gasteiger partial charge in [0.2, 0.25) is 0 Å². The van der Waals surface area contributed by atoms with E-state index in [1.165, 1.54) is 30.3 Å². The summed E-state index contributed by atoms with van der Waals surface area (Å²) in [6, 6.07) is 9.08. The van der Waals surface area contributed by atoms with Crippen molar-refractivity contribution in [2.75, 3.05) is 5.73 Å². The molecule has 19 heavy (non-hydrogen) atoms. The van der Waals surface area contributed by atoms with Gasteiger partial charge in [-0.15, -0.1) is 13.2 Å². The Bertz CT molecular complexity index is 575. The number of hydrogen-bond acceptors (Lipinski definition) is 2. The van der Waals surface area contributed by atoms with Crippen molar-refractivity contribution in [2.24, 2.45) is 0 Å². The lowest BCUT2D eigenvalue weighted by atomic mass is 10.0. The lowest BCUT2D eigenvalue weighted by molar-refractivity contribution is -0.274. The molecule has 2 nitrogen and oxygen atoms in total. The highest BCUT2D eigenvalue weighted by atomic mass is 19.4. The molecule has 2 aromatic rings. The van der Waals surface area contributed by atoms with Crippen LogP contribution < -0.4 is 10.5 Å². The van der Waals surface area contributed by atoms with Gasteiger partial charge < -0.3 is 10.5 Å². The third-order valence-electron chi connectivity index (χ3n) is 2.40. The molecule has 0 amide bonds. The van der Waals surface area contributed by atoms with Crippen LogP contribution in [0.5, 0.6) is 5.75 Å². The smallest absolute Gasteiger partial charge is 0.406 e. The lowest BCUT2D eigenvalue weighted by Crippen LogP contribution is -2.17. The quantitative estimate of drug-likeness (QED) is 0.662. The fourth-order valence-electron chi connectivity index (χ4n) is 1.69. The molecule has 0 unspecified atom stereocenters. The highest BCUT2D eigenvalue weighted by Gasteiger charge is 2.31. The summed E-state index contributed by atoms with van der Waals surface area (Å²) in [6.45, 7) is 0. The molecular weight excluding hydrogens is 262 g/mol. The monoisotopic (exact) mass is 271 g/mol. The van der Waals surface area contributed by atoms with Crippen molar-refractivity contribution in [2.45, 2.75) is 6.36 Å². The van der Waals surface area contributed by atoms with Crippen molar-refractivity contribution in [1.29, 1.82) is 0 Å². The Kier molecular flexibility index (Phi) is 3.33. The molecule has 0 aliphatic rings. The average molecular weight is 271 g/mol. The zero-order valence-corrected chi connectivity index (χ0v) is 9.54. The normalized spacial score (nSPS) is 11.4. The molecule has 0 spiro atoms. The largest absolute Gasteiger partial charge is 0.573 e. The van der Waals surface area contributed by atoms with Crippen LogP contribution in [0.25, 0.3) is 11.1 Å². The molecule has 0 fully saturated rings. The van der Waals surface area contributed by atoms with E-state index in [1.807, 2.05) is 0 Å². The highest BCUT2D eigenvalue weighted by molar-refractivity contribution is 5.77. The van der Waals surface area contributed by atoms with Gasteiger partial charge in [0.05, 0.1) is 0 Å². The molecule has 2 aromatic carbocycles. The second-order valence-corrected chi connectivity index (χ2v) is 3.78. The van der Waals surface area contributed by atoms with E-state index in [4.69, 9.17) is 5.73 Å². The molecule has 0 radical (unpaired) electrons. The van der Waals surface area contributed by atoms with Gasteiger partial charge in [0.25, 0.3) is 0 Å². The van der Waals surface area contributed by atoms with E-state index < -0.39 is 17.9 Å². The first kappa shape index (κ1) is 13.2. The number of hydrogen-bond donors (Lipinski definition) is 1. The van der Waals surface area contributed by atoms with Crippen molar-refractivity contribution in [1.82, 2.24) is 0 Å². The first-order valence-corrected chi connectivity index (χ1v) is 5.27. The minimum absolute atomic E-state index is 0.0510. The summed E-state index contributed by atoms with van der Waals surface area (Å²) in [5.74, 6) is -1.03. The van der Waals surface area contributed by atoms with Crippen LogP contribution in [-0.4, -0.2) is 6.36 Å². The van der Waals surface area contributed by atoms with Gasteiger partial charge in [0, 0.05) is 11.3 Å². The molecule has 2 N–H and O–H groups in total. The van der Waals surface area contributed by atoms with Crippen LogP contribution >= 0.6 is 0 Å². The van der Waals surface area contributed by atoms with Crippen LogP contribution in [0.2, 0.25) is 0 Å². The summed E-state index contributed by atoms with van der Waals surface area (Å²) in [4.78, 5) is 0. The van der Waals surface area contributed by atoms with Crippen molar-refractivity contribution >= 4 is 5.69 Å². The zero-order valence-electron chi connectivity index (χ0n) is 9.54. The molecule has 0 bridgehead atoms. The van der Waals surface area contributed by atoms with E-state index in [0.717, 1.165) is 12.1 Å². The van der Waals surface area contributed by atoms with E-state index in [-0.39, 0.29) is 16.8 Å². The fourth-order valence-corrected chi connectivity index (χ4v) is 1.69. The van der Waals surface area contributed by atoms with Crippen molar-refractivity contribution in [3.63, 3.8) is 0 Å². The maximum absolute atomic E-state index is 13.7. The van der Waals surface area contributed by atoms with E-state index in [0.29, 0.717) is 0 Å². The van der Waals surface area contributed by atoms with E-state index in [1.54, 1.807) is 0 Å². The van der Waals surface area contributed by atoms with Gasteiger partial charge in [-0.25, -0.2) is 4.39 Å². The molecule has 0 aliphatic heterocycles. The van der Waals surface area contributed by atoms with Crippen molar-refractivity contribution in [3.8, 4) is 16.9 Å². The maximum Gasteiger partial charge on any atom is 0.573 e. The average Bonchev–Trinajstić information content (AvgIpc) is 2.26. The lowest BCUT2D eigenvalue weighted by Gasteiger charge is -2.11. The number of halogens is 4. The minimum Gasteiger partial charge on any atom is -0.406 e. The minimum atomic E-state index is -4.79. The second kappa shape index (κ2) is 4.79. The SMILES string of the molecule is Nc1cccc(F)c1-c1cccc(OC(F)(F)F)c1. The number of alkyl halides is 3. The van der Waals surface area contributed by atoms with Crippen LogP contribution in [-0.2, 0) is 0 Å². The predicted octanol–water partition coefficient (Wildman–Crippen LogP) is 3.97. The Balaban J connectivity index is 2.44. The summed E-state index contributed by atoms with van der Waals surface area (Å²) in [7, 11) is 0. The molecule has 0 aromatic heterocycles. The summed E-state index contributed by atoms with van der Waals surface area (Å²) < 4.78 is 53.8. The molecule has 0 heterocycles. The Labute approximate surface area is 106 Å². The van der Waals surface area contributed by atoms with Crippen LogP contribution in [0, 0.1) is 5.82 Å². The van der Waals surface area contributed by atoms with Crippen LogP contribution in [0.4, 0.5) is 23.2 Å². The zero-order chi connectivity index (χ0) is 14.0. The Morgan fingerprint density at radius 1 is 1.00 bits per heavy atom. The summed E-state index contributed by atoms with van der Waals surface area (Å²) in [6.07, 6.45) is -4.79. The molecule has 2 rings (SSSR count). The van der Waals surface area contributed by atoms with Crippen LogP contribution in [0.3, 0.4) is 0 Å². The number of nitrogens with two attached hydrogens (primary N) is 1. The van der Waals surface area contributed by atoms with Gasteiger partial charge >= 0.3 is 6.36 Å².